The molecule has 2 aromatic heterocycles. The van der Waals surface area contributed by atoms with Crippen LogP contribution in [0.1, 0.15) is 22.5 Å². The SMILES string of the molecule is Cc1ccc(Cc2nc3ccc(C#N)cc3[nH]2)c2cc[nH]c12. The van der Waals surface area contributed by atoms with E-state index >= 15 is 0 Å². The molecule has 0 radical (unpaired) electrons. The molecule has 106 valence electrons. The van der Waals surface area contributed by atoms with Gasteiger partial charge in [-0.05, 0) is 42.3 Å². The molecule has 0 aliphatic rings. The molecule has 0 saturated heterocycles. The van der Waals surface area contributed by atoms with Gasteiger partial charge < -0.3 is 9.97 Å². The van der Waals surface area contributed by atoms with Gasteiger partial charge in [0.1, 0.15) is 5.82 Å². The number of hydrogen-bond donors (Lipinski definition) is 2. The molecule has 0 fully saturated rings. The summed E-state index contributed by atoms with van der Waals surface area (Å²) in [6, 6.07) is 14.1. The highest BCUT2D eigenvalue weighted by Gasteiger charge is 2.09. The number of benzene rings is 2. The minimum absolute atomic E-state index is 0.645. The van der Waals surface area contributed by atoms with Crippen molar-refractivity contribution >= 4 is 21.9 Å². The Balaban J connectivity index is 1.78. The number of nitrogens with zero attached hydrogens (tertiary/aromatic N) is 2. The van der Waals surface area contributed by atoms with E-state index in [-0.39, 0.29) is 0 Å². The number of imidazole rings is 1. The molecule has 0 aliphatic heterocycles. The van der Waals surface area contributed by atoms with Crippen molar-refractivity contribution in [2.75, 3.05) is 0 Å². The fraction of sp³-hybridized carbons (Fsp3) is 0.111. The molecule has 0 unspecified atom stereocenters. The number of aryl methyl sites for hydroxylation is 1. The molecule has 2 N–H and O–H groups in total. The topological polar surface area (TPSA) is 68.3 Å². The molecule has 0 saturated carbocycles. The summed E-state index contributed by atoms with van der Waals surface area (Å²) in [6.07, 6.45) is 2.71. The van der Waals surface area contributed by atoms with Crippen LogP contribution >= 0.6 is 0 Å². The van der Waals surface area contributed by atoms with Gasteiger partial charge in [0.05, 0.1) is 22.7 Å². The van der Waals surface area contributed by atoms with Crippen LogP contribution in [0, 0.1) is 18.3 Å². The van der Waals surface area contributed by atoms with E-state index < -0.39 is 0 Å². The molecule has 22 heavy (non-hydrogen) atoms. The molecule has 4 nitrogen and oxygen atoms in total. The van der Waals surface area contributed by atoms with Crippen LogP contribution in [0.3, 0.4) is 0 Å². The fourth-order valence-electron chi connectivity index (χ4n) is 2.91. The lowest BCUT2D eigenvalue weighted by Gasteiger charge is -2.03. The van der Waals surface area contributed by atoms with Gasteiger partial charge in [-0.3, -0.25) is 0 Å². The van der Waals surface area contributed by atoms with Crippen LogP contribution in [-0.4, -0.2) is 15.0 Å². The van der Waals surface area contributed by atoms with Gasteiger partial charge in [-0.25, -0.2) is 4.98 Å². The molecule has 2 aromatic carbocycles. The number of fused-ring (bicyclic) bond motifs is 2. The van der Waals surface area contributed by atoms with Crippen LogP contribution in [-0.2, 0) is 6.42 Å². The number of aromatic nitrogens is 3. The maximum absolute atomic E-state index is 8.97. The zero-order valence-electron chi connectivity index (χ0n) is 12.1. The quantitative estimate of drug-likeness (QED) is 0.588. The number of nitriles is 1. The molecule has 0 bridgehead atoms. The van der Waals surface area contributed by atoms with Crippen molar-refractivity contribution in [1.29, 1.82) is 5.26 Å². The third-order valence-corrected chi connectivity index (χ3v) is 4.04. The predicted molar refractivity (Wildman–Crippen MR) is 86.7 cm³/mol. The van der Waals surface area contributed by atoms with Crippen LogP contribution in [0.5, 0.6) is 0 Å². The minimum atomic E-state index is 0.645. The molecule has 4 heteroatoms. The zero-order chi connectivity index (χ0) is 15.1. The van der Waals surface area contributed by atoms with Gasteiger partial charge in [0.25, 0.3) is 0 Å². The standard InChI is InChI=1S/C18H14N4/c1-11-2-4-13(14-6-7-20-18(11)14)9-17-21-15-5-3-12(10-19)8-16(15)22-17/h2-8,20H,9H2,1H3,(H,21,22). The molecule has 0 spiro atoms. The first-order chi connectivity index (χ1) is 10.7. The maximum atomic E-state index is 8.97. The van der Waals surface area contributed by atoms with E-state index in [4.69, 9.17) is 5.26 Å². The van der Waals surface area contributed by atoms with Gasteiger partial charge in [-0.2, -0.15) is 5.26 Å². The van der Waals surface area contributed by atoms with E-state index in [2.05, 4.69) is 46.1 Å². The molecular weight excluding hydrogens is 272 g/mol. The van der Waals surface area contributed by atoms with E-state index in [1.54, 1.807) is 6.07 Å². The molecule has 4 aromatic rings. The van der Waals surface area contributed by atoms with Crippen molar-refractivity contribution in [3.63, 3.8) is 0 Å². The highest BCUT2D eigenvalue weighted by Crippen LogP contribution is 2.24. The van der Waals surface area contributed by atoms with E-state index in [0.717, 1.165) is 23.3 Å². The lowest BCUT2D eigenvalue weighted by Crippen LogP contribution is -1.92. The fourth-order valence-corrected chi connectivity index (χ4v) is 2.91. The third kappa shape index (κ3) is 1.95. The van der Waals surface area contributed by atoms with E-state index in [0.29, 0.717) is 5.56 Å². The van der Waals surface area contributed by atoms with Crippen LogP contribution < -0.4 is 0 Å². The van der Waals surface area contributed by atoms with Crippen LogP contribution in [0.25, 0.3) is 21.9 Å². The molecule has 0 aliphatic carbocycles. The van der Waals surface area contributed by atoms with E-state index in [1.807, 2.05) is 18.3 Å². The number of aromatic amines is 2. The second-order valence-corrected chi connectivity index (χ2v) is 5.51. The Bertz CT molecular complexity index is 1030. The lowest BCUT2D eigenvalue weighted by molar-refractivity contribution is 1.05. The summed E-state index contributed by atoms with van der Waals surface area (Å²) in [6.45, 7) is 2.10. The van der Waals surface area contributed by atoms with Crippen LogP contribution in [0.2, 0.25) is 0 Å². The van der Waals surface area contributed by atoms with Crippen molar-refractivity contribution in [3.05, 3.63) is 65.1 Å². The van der Waals surface area contributed by atoms with Gasteiger partial charge >= 0.3 is 0 Å². The maximum Gasteiger partial charge on any atom is 0.111 e. The Kier molecular flexibility index (Phi) is 2.73. The molecule has 4 rings (SSSR count). The van der Waals surface area contributed by atoms with Crippen molar-refractivity contribution < 1.29 is 0 Å². The molecular formula is C18H14N4. The molecule has 0 amide bonds. The third-order valence-electron chi connectivity index (χ3n) is 4.04. The average molecular weight is 286 g/mol. The number of hydrogen-bond acceptors (Lipinski definition) is 2. The number of nitrogens with one attached hydrogen (secondary N) is 2. The van der Waals surface area contributed by atoms with Gasteiger partial charge in [-0.1, -0.05) is 12.1 Å². The van der Waals surface area contributed by atoms with Gasteiger partial charge in [0.2, 0.25) is 0 Å². The first kappa shape index (κ1) is 12.7. The van der Waals surface area contributed by atoms with Gasteiger partial charge in [0, 0.05) is 23.5 Å². The van der Waals surface area contributed by atoms with Crippen molar-refractivity contribution in [1.82, 2.24) is 15.0 Å². The van der Waals surface area contributed by atoms with Crippen molar-refractivity contribution in [3.8, 4) is 6.07 Å². The Morgan fingerprint density at radius 3 is 2.95 bits per heavy atom. The average Bonchev–Trinajstić information content (AvgIpc) is 3.16. The van der Waals surface area contributed by atoms with Crippen LogP contribution in [0.4, 0.5) is 0 Å². The summed E-state index contributed by atoms with van der Waals surface area (Å²) in [5.41, 5.74) is 6.11. The summed E-state index contributed by atoms with van der Waals surface area (Å²) in [5, 5.41) is 10.2. The summed E-state index contributed by atoms with van der Waals surface area (Å²) in [4.78, 5) is 11.2. The Morgan fingerprint density at radius 2 is 2.09 bits per heavy atom. The minimum Gasteiger partial charge on any atom is -0.361 e. The second-order valence-electron chi connectivity index (χ2n) is 5.51. The summed E-state index contributed by atoms with van der Waals surface area (Å²) in [7, 11) is 0. The smallest absolute Gasteiger partial charge is 0.111 e. The predicted octanol–water partition coefficient (Wildman–Crippen LogP) is 3.82. The number of H-pyrrole nitrogens is 2. The van der Waals surface area contributed by atoms with Gasteiger partial charge in [-0.15, -0.1) is 0 Å². The summed E-state index contributed by atoms with van der Waals surface area (Å²) in [5.74, 6) is 0.913. The van der Waals surface area contributed by atoms with E-state index in [1.165, 1.54) is 22.0 Å². The highest BCUT2D eigenvalue weighted by molar-refractivity contribution is 5.86. The molecule has 2 heterocycles. The first-order valence-electron chi connectivity index (χ1n) is 7.19. The molecule has 0 atom stereocenters. The number of rotatable bonds is 2. The second kappa shape index (κ2) is 4.74. The normalized spacial score (nSPS) is 11.1. The Morgan fingerprint density at radius 1 is 1.18 bits per heavy atom. The lowest BCUT2D eigenvalue weighted by atomic mass is 10.0. The largest absolute Gasteiger partial charge is 0.361 e. The Labute approximate surface area is 127 Å². The monoisotopic (exact) mass is 286 g/mol. The van der Waals surface area contributed by atoms with E-state index in [9.17, 15) is 0 Å². The first-order valence-corrected chi connectivity index (χ1v) is 7.19. The van der Waals surface area contributed by atoms with Gasteiger partial charge in [0.15, 0.2) is 0 Å². The van der Waals surface area contributed by atoms with Crippen molar-refractivity contribution in [2.45, 2.75) is 13.3 Å². The summed E-state index contributed by atoms with van der Waals surface area (Å²) >= 11 is 0. The van der Waals surface area contributed by atoms with Crippen molar-refractivity contribution in [2.24, 2.45) is 0 Å². The van der Waals surface area contributed by atoms with Crippen LogP contribution in [0.15, 0.2) is 42.6 Å². The Hall–Kier alpha value is -3.06. The summed E-state index contributed by atoms with van der Waals surface area (Å²) < 4.78 is 0. The zero-order valence-corrected chi connectivity index (χ0v) is 12.1. The highest BCUT2D eigenvalue weighted by atomic mass is 14.9.